The van der Waals surface area contributed by atoms with E-state index in [0.717, 1.165) is 18.5 Å². The largest absolute Gasteiger partial charge is 0.300 e. The fourth-order valence-electron chi connectivity index (χ4n) is 1.18. The van der Waals surface area contributed by atoms with E-state index in [4.69, 9.17) is 0 Å². The molecule has 0 aromatic carbocycles. The summed E-state index contributed by atoms with van der Waals surface area (Å²) < 4.78 is 27.2. The average molecular weight is 232 g/mol. The van der Waals surface area contributed by atoms with Crippen LogP contribution in [0.2, 0.25) is 0 Å². The van der Waals surface area contributed by atoms with Crippen LogP contribution >= 0.6 is 0 Å². The summed E-state index contributed by atoms with van der Waals surface area (Å²) in [5, 5.41) is 6.61. The van der Waals surface area contributed by atoms with E-state index >= 15 is 0 Å². The molecule has 0 bridgehead atoms. The third-order valence-electron chi connectivity index (χ3n) is 1.72. The summed E-state index contributed by atoms with van der Waals surface area (Å²) >= 11 is 0. The van der Waals surface area contributed by atoms with Crippen molar-refractivity contribution in [2.24, 2.45) is 0 Å². The van der Waals surface area contributed by atoms with E-state index in [0.29, 0.717) is 12.4 Å². The number of aromatic amines is 1. The fraction of sp³-hybridized carbons (Fsp3) is 0.625. The number of aryl methyl sites for hydroxylation is 1. The number of hydrogen-bond acceptors (Lipinski definition) is 3. The summed E-state index contributed by atoms with van der Waals surface area (Å²) in [5.41, 5.74) is 0.923. The van der Waals surface area contributed by atoms with Crippen LogP contribution < -0.4 is 9.44 Å². The molecular formula is C8H16N4O2S. The lowest BCUT2D eigenvalue weighted by Gasteiger charge is -2.03. The fourth-order valence-corrected chi connectivity index (χ4v) is 2.01. The van der Waals surface area contributed by atoms with Gasteiger partial charge in [0.2, 0.25) is 0 Å². The lowest BCUT2D eigenvalue weighted by molar-refractivity contribution is 0.589. The van der Waals surface area contributed by atoms with Gasteiger partial charge in [0.1, 0.15) is 0 Å². The molecule has 7 heteroatoms. The van der Waals surface area contributed by atoms with Crippen molar-refractivity contribution in [2.45, 2.75) is 26.7 Å². The van der Waals surface area contributed by atoms with E-state index in [1.54, 1.807) is 13.0 Å². The van der Waals surface area contributed by atoms with E-state index in [-0.39, 0.29) is 0 Å². The highest BCUT2D eigenvalue weighted by Crippen LogP contribution is 2.08. The summed E-state index contributed by atoms with van der Waals surface area (Å²) in [6.45, 7) is 4.11. The maximum atomic E-state index is 11.3. The van der Waals surface area contributed by atoms with Crippen molar-refractivity contribution in [3.05, 3.63) is 11.8 Å². The Kier molecular flexibility index (Phi) is 4.10. The first-order chi connectivity index (χ1) is 7.07. The van der Waals surface area contributed by atoms with Crippen LogP contribution in [0.3, 0.4) is 0 Å². The second-order valence-corrected chi connectivity index (χ2v) is 4.63. The minimum atomic E-state index is -3.47. The van der Waals surface area contributed by atoms with Crippen LogP contribution in [0.15, 0.2) is 6.07 Å². The zero-order valence-corrected chi connectivity index (χ0v) is 9.69. The number of H-pyrrole nitrogens is 1. The summed E-state index contributed by atoms with van der Waals surface area (Å²) in [7, 11) is -3.47. The normalized spacial score (nSPS) is 11.6. The van der Waals surface area contributed by atoms with Crippen molar-refractivity contribution in [3.63, 3.8) is 0 Å². The van der Waals surface area contributed by atoms with E-state index in [1.807, 2.05) is 6.92 Å². The predicted octanol–water partition coefficient (Wildman–Crippen LogP) is 0.628. The summed E-state index contributed by atoms with van der Waals surface area (Å²) in [5.74, 6) is 0.319. The maximum absolute atomic E-state index is 11.3. The summed E-state index contributed by atoms with van der Waals surface area (Å²) in [6.07, 6.45) is 1.84. The molecule has 6 nitrogen and oxygen atoms in total. The smallest absolute Gasteiger partial charge is 0.280 e. The van der Waals surface area contributed by atoms with Gasteiger partial charge >= 0.3 is 0 Å². The topological polar surface area (TPSA) is 86.9 Å². The number of nitrogens with zero attached hydrogens (tertiary/aromatic N) is 1. The maximum Gasteiger partial charge on any atom is 0.300 e. The molecule has 0 unspecified atom stereocenters. The van der Waals surface area contributed by atoms with Crippen molar-refractivity contribution < 1.29 is 8.42 Å². The van der Waals surface area contributed by atoms with Crippen LogP contribution in [0.25, 0.3) is 0 Å². The van der Waals surface area contributed by atoms with Crippen LogP contribution in [0.1, 0.15) is 26.0 Å². The molecule has 0 fully saturated rings. The third kappa shape index (κ3) is 3.88. The molecule has 86 valence electrons. The Morgan fingerprint density at radius 3 is 2.80 bits per heavy atom. The second-order valence-electron chi connectivity index (χ2n) is 3.13. The molecule has 0 spiro atoms. The molecule has 0 amide bonds. The van der Waals surface area contributed by atoms with Gasteiger partial charge in [-0.05, 0) is 6.42 Å². The van der Waals surface area contributed by atoms with Crippen LogP contribution in [0.4, 0.5) is 5.82 Å². The molecule has 0 aliphatic carbocycles. The average Bonchev–Trinajstić information content (AvgIpc) is 2.52. The van der Waals surface area contributed by atoms with Crippen molar-refractivity contribution in [3.8, 4) is 0 Å². The molecule has 1 rings (SSSR count). The Morgan fingerprint density at radius 1 is 1.47 bits per heavy atom. The molecule has 1 aromatic heterocycles. The Hall–Kier alpha value is -1.08. The lowest BCUT2D eigenvalue weighted by Crippen LogP contribution is -2.29. The van der Waals surface area contributed by atoms with Gasteiger partial charge in [-0.3, -0.25) is 9.82 Å². The molecule has 0 saturated carbocycles. The second kappa shape index (κ2) is 5.13. The first-order valence-electron chi connectivity index (χ1n) is 4.89. The molecule has 15 heavy (non-hydrogen) atoms. The third-order valence-corrected chi connectivity index (χ3v) is 2.87. The summed E-state index contributed by atoms with van der Waals surface area (Å²) in [4.78, 5) is 0. The van der Waals surface area contributed by atoms with E-state index in [9.17, 15) is 8.42 Å². The van der Waals surface area contributed by atoms with Gasteiger partial charge in [0.25, 0.3) is 10.2 Å². The Labute approximate surface area is 89.6 Å². The number of rotatable bonds is 6. The predicted molar refractivity (Wildman–Crippen MR) is 58.8 cm³/mol. The van der Waals surface area contributed by atoms with Crippen molar-refractivity contribution in [1.82, 2.24) is 14.9 Å². The quantitative estimate of drug-likeness (QED) is 0.672. The van der Waals surface area contributed by atoms with Gasteiger partial charge in [-0.2, -0.15) is 18.2 Å². The number of nitrogens with one attached hydrogen (secondary N) is 3. The number of aromatic nitrogens is 2. The van der Waals surface area contributed by atoms with E-state index < -0.39 is 10.2 Å². The zero-order chi connectivity index (χ0) is 11.3. The minimum absolute atomic E-state index is 0.319. The first kappa shape index (κ1) is 12.0. The van der Waals surface area contributed by atoms with Crippen LogP contribution in [-0.4, -0.2) is 25.2 Å². The molecular weight excluding hydrogens is 216 g/mol. The van der Waals surface area contributed by atoms with Crippen molar-refractivity contribution in [2.75, 3.05) is 11.3 Å². The highest BCUT2D eigenvalue weighted by molar-refractivity contribution is 7.90. The Bertz CT molecular complexity index is 399. The van der Waals surface area contributed by atoms with Gasteiger partial charge in [0, 0.05) is 18.3 Å². The van der Waals surface area contributed by atoms with Gasteiger partial charge in [-0.15, -0.1) is 0 Å². The van der Waals surface area contributed by atoms with Crippen LogP contribution in [-0.2, 0) is 16.6 Å². The highest BCUT2D eigenvalue weighted by Gasteiger charge is 2.09. The van der Waals surface area contributed by atoms with Crippen molar-refractivity contribution in [1.29, 1.82) is 0 Å². The first-order valence-corrected chi connectivity index (χ1v) is 6.37. The van der Waals surface area contributed by atoms with E-state index in [2.05, 4.69) is 19.6 Å². The molecule has 1 heterocycles. The standard InChI is InChI=1S/C8H16N4O2S/c1-3-5-7-6-8(11-10-7)12-15(13,14)9-4-2/h6,9H,3-5H2,1-2H3,(H2,10,11,12). The Morgan fingerprint density at radius 2 is 2.20 bits per heavy atom. The Balaban J connectivity index is 2.64. The molecule has 0 atom stereocenters. The number of anilines is 1. The van der Waals surface area contributed by atoms with Gasteiger partial charge in [0.05, 0.1) is 0 Å². The van der Waals surface area contributed by atoms with Crippen molar-refractivity contribution >= 4 is 16.0 Å². The molecule has 0 aliphatic rings. The monoisotopic (exact) mass is 232 g/mol. The molecule has 0 saturated heterocycles. The SMILES string of the molecule is CCCc1cc(NS(=O)(=O)NCC)n[nH]1. The number of hydrogen-bond donors (Lipinski definition) is 3. The molecule has 0 aliphatic heterocycles. The zero-order valence-electron chi connectivity index (χ0n) is 8.87. The highest BCUT2D eigenvalue weighted by atomic mass is 32.2. The summed E-state index contributed by atoms with van der Waals surface area (Å²) in [6, 6.07) is 1.69. The molecule has 0 radical (unpaired) electrons. The van der Waals surface area contributed by atoms with Crippen LogP contribution in [0, 0.1) is 0 Å². The molecule has 3 N–H and O–H groups in total. The minimum Gasteiger partial charge on any atom is -0.280 e. The van der Waals surface area contributed by atoms with Gasteiger partial charge in [0.15, 0.2) is 5.82 Å². The van der Waals surface area contributed by atoms with Crippen LogP contribution in [0.5, 0.6) is 0 Å². The lowest BCUT2D eigenvalue weighted by atomic mass is 10.2. The van der Waals surface area contributed by atoms with E-state index in [1.165, 1.54) is 0 Å². The van der Waals surface area contributed by atoms with Gasteiger partial charge < -0.3 is 0 Å². The molecule has 1 aromatic rings. The van der Waals surface area contributed by atoms with Gasteiger partial charge in [-0.1, -0.05) is 20.3 Å². The van der Waals surface area contributed by atoms with Gasteiger partial charge in [-0.25, -0.2) is 0 Å².